The van der Waals surface area contributed by atoms with Crippen LogP contribution in [0.1, 0.15) is 50.7 Å². The van der Waals surface area contributed by atoms with Crippen molar-refractivity contribution in [1.29, 1.82) is 0 Å². The van der Waals surface area contributed by atoms with Gasteiger partial charge in [-0.2, -0.15) is 10.2 Å². The molecular formula is C16H28ClN5. The lowest BCUT2D eigenvalue weighted by Crippen LogP contribution is -2.09. The quantitative estimate of drug-likeness (QED) is 0.874. The normalized spacial score (nSPS) is 11.1. The van der Waals surface area contributed by atoms with Gasteiger partial charge in [0.15, 0.2) is 0 Å². The molecule has 0 amide bonds. The molecule has 124 valence electrons. The minimum Gasteiger partial charge on any atom is -0.364 e. The van der Waals surface area contributed by atoms with Crippen molar-refractivity contribution in [3.63, 3.8) is 0 Å². The average Bonchev–Trinajstić information content (AvgIpc) is 2.91. The largest absolute Gasteiger partial charge is 0.364 e. The molecule has 0 fully saturated rings. The maximum absolute atomic E-state index is 4.61. The van der Waals surface area contributed by atoms with Gasteiger partial charge < -0.3 is 5.32 Å². The first kappa shape index (κ1) is 18.6. The Morgan fingerprint density at radius 3 is 2.41 bits per heavy atom. The van der Waals surface area contributed by atoms with E-state index in [1.54, 1.807) is 0 Å². The van der Waals surface area contributed by atoms with Crippen LogP contribution in [0.25, 0.3) is 0 Å². The molecule has 0 aliphatic rings. The van der Waals surface area contributed by atoms with Gasteiger partial charge in [0.2, 0.25) is 0 Å². The molecule has 2 rings (SSSR count). The molecule has 22 heavy (non-hydrogen) atoms. The number of nitrogens with one attached hydrogen (secondary N) is 1. The third-order valence-electron chi connectivity index (χ3n) is 3.61. The first-order valence-electron chi connectivity index (χ1n) is 7.69. The van der Waals surface area contributed by atoms with Gasteiger partial charge in [-0.3, -0.25) is 9.36 Å². The SMILES string of the molecule is Cc1cc(NCc2cnn(C(C)C)c2C)nn1CC(C)C.Cl. The molecule has 1 N–H and O–H groups in total. The lowest BCUT2D eigenvalue weighted by atomic mass is 10.2. The molecule has 2 heterocycles. The van der Waals surface area contributed by atoms with E-state index in [4.69, 9.17) is 0 Å². The van der Waals surface area contributed by atoms with Crippen molar-refractivity contribution in [2.75, 3.05) is 5.32 Å². The second-order valence-corrected chi connectivity index (χ2v) is 6.39. The Bertz CT molecular complexity index is 598. The topological polar surface area (TPSA) is 47.7 Å². The summed E-state index contributed by atoms with van der Waals surface area (Å²) in [4.78, 5) is 0. The van der Waals surface area contributed by atoms with E-state index in [1.165, 1.54) is 17.0 Å². The van der Waals surface area contributed by atoms with Crippen LogP contribution in [0, 0.1) is 19.8 Å². The highest BCUT2D eigenvalue weighted by Crippen LogP contribution is 2.16. The van der Waals surface area contributed by atoms with Crippen molar-refractivity contribution in [2.45, 2.75) is 60.7 Å². The molecule has 0 radical (unpaired) electrons. The number of halogens is 1. The van der Waals surface area contributed by atoms with E-state index in [0.717, 1.165) is 18.9 Å². The Balaban J connectivity index is 0.00000242. The summed E-state index contributed by atoms with van der Waals surface area (Å²) in [6.45, 7) is 14.6. The summed E-state index contributed by atoms with van der Waals surface area (Å²) in [5.74, 6) is 1.54. The molecule has 0 aliphatic heterocycles. The summed E-state index contributed by atoms with van der Waals surface area (Å²) < 4.78 is 4.12. The Morgan fingerprint density at radius 2 is 1.86 bits per heavy atom. The van der Waals surface area contributed by atoms with Crippen LogP contribution in [0.3, 0.4) is 0 Å². The number of aryl methyl sites for hydroxylation is 1. The molecule has 0 atom stereocenters. The van der Waals surface area contributed by atoms with Crippen molar-refractivity contribution < 1.29 is 0 Å². The van der Waals surface area contributed by atoms with Crippen molar-refractivity contribution in [2.24, 2.45) is 5.92 Å². The second-order valence-electron chi connectivity index (χ2n) is 6.39. The predicted octanol–water partition coefficient (Wildman–Crippen LogP) is 3.97. The van der Waals surface area contributed by atoms with E-state index in [-0.39, 0.29) is 12.4 Å². The van der Waals surface area contributed by atoms with E-state index in [9.17, 15) is 0 Å². The molecule has 0 saturated carbocycles. The lowest BCUT2D eigenvalue weighted by Gasteiger charge is -2.09. The number of anilines is 1. The van der Waals surface area contributed by atoms with Crippen LogP contribution in [-0.4, -0.2) is 19.6 Å². The molecule has 6 heteroatoms. The third-order valence-corrected chi connectivity index (χ3v) is 3.61. The van der Waals surface area contributed by atoms with Crippen LogP contribution in [0.5, 0.6) is 0 Å². The van der Waals surface area contributed by atoms with Gasteiger partial charge in [-0.05, 0) is 33.6 Å². The van der Waals surface area contributed by atoms with Crippen LogP contribution < -0.4 is 5.32 Å². The highest BCUT2D eigenvalue weighted by molar-refractivity contribution is 5.85. The van der Waals surface area contributed by atoms with Crippen LogP contribution in [-0.2, 0) is 13.1 Å². The number of aromatic nitrogens is 4. The van der Waals surface area contributed by atoms with Crippen molar-refractivity contribution in [3.05, 3.63) is 29.2 Å². The Labute approximate surface area is 139 Å². The van der Waals surface area contributed by atoms with Crippen molar-refractivity contribution in [3.8, 4) is 0 Å². The number of nitrogens with zero attached hydrogens (tertiary/aromatic N) is 4. The molecule has 0 unspecified atom stereocenters. The summed E-state index contributed by atoms with van der Waals surface area (Å²) in [5.41, 5.74) is 3.64. The first-order valence-corrected chi connectivity index (χ1v) is 7.69. The molecule has 0 aliphatic carbocycles. The van der Waals surface area contributed by atoms with Gasteiger partial charge in [0, 0.05) is 42.1 Å². The molecule has 0 aromatic carbocycles. The van der Waals surface area contributed by atoms with Crippen molar-refractivity contribution >= 4 is 18.2 Å². The van der Waals surface area contributed by atoms with Crippen molar-refractivity contribution in [1.82, 2.24) is 19.6 Å². The molecular weight excluding hydrogens is 298 g/mol. The van der Waals surface area contributed by atoms with E-state index in [0.29, 0.717) is 12.0 Å². The summed E-state index contributed by atoms with van der Waals surface area (Å²) in [6.07, 6.45) is 1.94. The fourth-order valence-corrected chi connectivity index (χ4v) is 2.47. The molecule has 0 spiro atoms. The molecule has 2 aromatic rings. The van der Waals surface area contributed by atoms with Gasteiger partial charge in [-0.1, -0.05) is 13.8 Å². The monoisotopic (exact) mass is 325 g/mol. The van der Waals surface area contributed by atoms with Gasteiger partial charge in [0.05, 0.1) is 6.20 Å². The summed E-state index contributed by atoms with van der Waals surface area (Å²) >= 11 is 0. The standard InChI is InChI=1S/C16H27N5.ClH/c1-11(2)10-20-13(5)7-16(19-20)17-8-15-9-18-21(12(3)4)14(15)6;/h7,9,11-12H,8,10H2,1-6H3,(H,17,19);1H. The fourth-order valence-electron chi connectivity index (χ4n) is 2.47. The zero-order valence-electron chi connectivity index (χ0n) is 14.4. The third kappa shape index (κ3) is 4.26. The number of hydrogen-bond acceptors (Lipinski definition) is 3. The number of rotatable bonds is 6. The van der Waals surface area contributed by atoms with Gasteiger partial charge >= 0.3 is 0 Å². The fraction of sp³-hybridized carbons (Fsp3) is 0.625. The van der Waals surface area contributed by atoms with Gasteiger partial charge in [0.1, 0.15) is 5.82 Å². The minimum atomic E-state index is 0. The van der Waals surface area contributed by atoms with E-state index >= 15 is 0 Å². The smallest absolute Gasteiger partial charge is 0.148 e. The minimum absolute atomic E-state index is 0. The Kier molecular flexibility index (Phi) is 6.48. The zero-order valence-corrected chi connectivity index (χ0v) is 15.2. The Morgan fingerprint density at radius 1 is 1.18 bits per heavy atom. The lowest BCUT2D eigenvalue weighted by molar-refractivity contribution is 0.475. The maximum Gasteiger partial charge on any atom is 0.148 e. The van der Waals surface area contributed by atoms with Crippen LogP contribution in [0.4, 0.5) is 5.82 Å². The molecule has 0 saturated heterocycles. The molecule has 5 nitrogen and oxygen atoms in total. The van der Waals surface area contributed by atoms with Crippen LogP contribution in [0.15, 0.2) is 12.3 Å². The molecule has 0 bridgehead atoms. The van der Waals surface area contributed by atoms with E-state index in [2.05, 4.69) is 72.5 Å². The van der Waals surface area contributed by atoms with E-state index in [1.807, 2.05) is 6.20 Å². The zero-order chi connectivity index (χ0) is 15.6. The summed E-state index contributed by atoms with van der Waals surface area (Å²) in [5, 5.41) is 12.5. The first-order chi connectivity index (χ1) is 9.88. The van der Waals surface area contributed by atoms with Gasteiger partial charge in [-0.15, -0.1) is 12.4 Å². The van der Waals surface area contributed by atoms with Crippen LogP contribution in [0.2, 0.25) is 0 Å². The van der Waals surface area contributed by atoms with Crippen LogP contribution >= 0.6 is 12.4 Å². The van der Waals surface area contributed by atoms with Gasteiger partial charge in [0.25, 0.3) is 0 Å². The predicted molar refractivity (Wildman–Crippen MR) is 93.7 cm³/mol. The highest BCUT2D eigenvalue weighted by atomic mass is 35.5. The highest BCUT2D eigenvalue weighted by Gasteiger charge is 2.10. The average molecular weight is 326 g/mol. The number of hydrogen-bond donors (Lipinski definition) is 1. The maximum atomic E-state index is 4.61. The van der Waals surface area contributed by atoms with E-state index < -0.39 is 0 Å². The Hall–Kier alpha value is -1.49. The molecule has 2 aromatic heterocycles. The summed E-state index contributed by atoms with van der Waals surface area (Å²) in [7, 11) is 0. The second kappa shape index (κ2) is 7.68. The summed E-state index contributed by atoms with van der Waals surface area (Å²) in [6, 6.07) is 2.50. The van der Waals surface area contributed by atoms with Gasteiger partial charge in [-0.25, -0.2) is 0 Å².